The van der Waals surface area contributed by atoms with Gasteiger partial charge in [-0.2, -0.15) is 0 Å². The average molecular weight is 870 g/mol. The Kier molecular flexibility index (Phi) is 14.4. The number of piperidine rings is 1. The summed E-state index contributed by atoms with van der Waals surface area (Å²) in [6.45, 7) is 6.20. The highest BCUT2D eigenvalue weighted by molar-refractivity contribution is 7.99. The highest BCUT2D eigenvalue weighted by Crippen LogP contribution is 2.31. The topological polar surface area (TPSA) is 148 Å². The number of hydrogen-bond donors (Lipinski definition) is 3. The quantitative estimate of drug-likeness (QED) is 0.0508. The molecule has 2 fully saturated rings. The van der Waals surface area contributed by atoms with Crippen LogP contribution in [0, 0.1) is 10.1 Å². The van der Waals surface area contributed by atoms with Crippen molar-refractivity contribution in [3.8, 4) is 11.1 Å². The molecule has 2 saturated heterocycles. The lowest BCUT2D eigenvalue weighted by Gasteiger charge is -2.36. The van der Waals surface area contributed by atoms with Crippen LogP contribution in [0.3, 0.4) is 0 Å². The first-order valence-electron chi connectivity index (χ1n) is 20.1. The van der Waals surface area contributed by atoms with Gasteiger partial charge in [-0.05, 0) is 103 Å². The second-order valence-corrected chi connectivity index (χ2v) is 18.4. The number of nitro groups is 1. The molecule has 0 unspecified atom stereocenters. The van der Waals surface area contributed by atoms with Crippen molar-refractivity contribution in [2.24, 2.45) is 0 Å². The van der Waals surface area contributed by atoms with Crippen LogP contribution < -0.4 is 14.9 Å². The molecule has 2 aliphatic rings. The SMILES string of the molecule is O=C(NS(=O)(=O)c1ccc(N[C@H](CCN2CCC[C@@H](O)C2)CSc2ccccc2)c([N+](=O)[O-])c1)c1ccc(N2CCN(Cc3ccccc3-c3ccc(Cl)cc3)CC2)cc1. The molecule has 7 rings (SSSR count). The van der Waals surface area contributed by atoms with Gasteiger partial charge in [-0.1, -0.05) is 66.2 Å². The summed E-state index contributed by atoms with van der Waals surface area (Å²) in [7, 11) is -4.46. The molecule has 314 valence electrons. The zero-order valence-corrected chi connectivity index (χ0v) is 35.5. The van der Waals surface area contributed by atoms with Gasteiger partial charge >= 0.3 is 0 Å². The second-order valence-electron chi connectivity index (χ2n) is 15.2. The van der Waals surface area contributed by atoms with E-state index in [0.29, 0.717) is 30.3 Å². The summed E-state index contributed by atoms with van der Waals surface area (Å²) in [5.74, 6) is -0.236. The van der Waals surface area contributed by atoms with E-state index in [9.17, 15) is 28.4 Å². The maximum absolute atomic E-state index is 13.5. The van der Waals surface area contributed by atoms with Crippen molar-refractivity contribution >= 4 is 56.4 Å². The van der Waals surface area contributed by atoms with Crippen LogP contribution in [-0.4, -0.2) is 97.9 Å². The molecule has 5 aromatic rings. The van der Waals surface area contributed by atoms with Gasteiger partial charge in [0.1, 0.15) is 5.69 Å². The van der Waals surface area contributed by atoms with Crippen molar-refractivity contribution in [1.82, 2.24) is 14.5 Å². The van der Waals surface area contributed by atoms with Crippen LogP contribution in [0.2, 0.25) is 5.02 Å². The van der Waals surface area contributed by atoms with Gasteiger partial charge in [-0.3, -0.25) is 19.8 Å². The third-order valence-corrected chi connectivity index (χ3v) is 13.7. The van der Waals surface area contributed by atoms with Crippen LogP contribution in [0.5, 0.6) is 0 Å². The molecule has 15 heteroatoms. The van der Waals surface area contributed by atoms with Crippen molar-refractivity contribution in [2.45, 2.75) is 47.7 Å². The predicted octanol–water partition coefficient (Wildman–Crippen LogP) is 7.78. The molecule has 12 nitrogen and oxygen atoms in total. The van der Waals surface area contributed by atoms with E-state index < -0.39 is 31.4 Å². The third-order valence-electron chi connectivity index (χ3n) is 11.0. The van der Waals surface area contributed by atoms with Crippen molar-refractivity contribution in [2.75, 3.05) is 61.8 Å². The summed E-state index contributed by atoms with van der Waals surface area (Å²) in [6, 6.07) is 36.3. The van der Waals surface area contributed by atoms with E-state index in [4.69, 9.17) is 11.6 Å². The lowest BCUT2D eigenvalue weighted by atomic mass is 9.99. The standard InChI is InChI=1S/C45H49ClN6O6S2/c46-36-16-12-33(13-17-36)42-11-5-4-7-35(42)30-50-25-27-51(28-26-50)38-18-14-34(15-19-38)45(54)48-60(57,58)41-20-21-43(44(29-41)52(55)56)47-37(32-59-40-9-2-1-3-10-40)22-24-49-23-6-8-39(53)31-49/h1-5,7,9-21,29,37,39,47,53H,6,8,22-28,30-32H2,(H,48,54)/t37-,39-/m1/s1. The van der Waals surface area contributed by atoms with E-state index in [1.165, 1.54) is 23.3 Å². The van der Waals surface area contributed by atoms with Gasteiger partial charge in [-0.15, -0.1) is 11.8 Å². The lowest BCUT2D eigenvalue weighted by Crippen LogP contribution is -2.46. The number of thioether (sulfide) groups is 1. The number of carbonyl (C=O) groups excluding carboxylic acids is 1. The predicted molar refractivity (Wildman–Crippen MR) is 239 cm³/mol. The van der Waals surface area contributed by atoms with Gasteiger partial charge in [0.2, 0.25) is 0 Å². The lowest BCUT2D eigenvalue weighted by molar-refractivity contribution is -0.384. The van der Waals surface area contributed by atoms with Gasteiger partial charge in [0.25, 0.3) is 21.6 Å². The van der Waals surface area contributed by atoms with Gasteiger partial charge in [0, 0.05) is 84.8 Å². The van der Waals surface area contributed by atoms with Gasteiger partial charge in [-0.25, -0.2) is 13.1 Å². The monoisotopic (exact) mass is 868 g/mol. The Morgan fingerprint density at radius 1 is 0.883 bits per heavy atom. The number of aliphatic hydroxyl groups is 1. The molecule has 60 heavy (non-hydrogen) atoms. The number of nitrogens with zero attached hydrogens (tertiary/aromatic N) is 4. The number of β-amino-alcohol motifs (C(OH)–C–C–N with tert-alkyl or cyclic N) is 1. The number of rotatable bonds is 16. The number of nitro benzene ring substituents is 1. The molecule has 5 aromatic carbocycles. The molecule has 2 heterocycles. The number of amides is 1. The average Bonchev–Trinajstić information content (AvgIpc) is 3.25. The van der Waals surface area contributed by atoms with Crippen LogP contribution >= 0.6 is 23.4 Å². The number of halogens is 1. The molecular weight excluding hydrogens is 820 g/mol. The normalized spacial score (nSPS) is 16.9. The maximum Gasteiger partial charge on any atom is 0.293 e. The van der Waals surface area contributed by atoms with Crippen molar-refractivity contribution in [3.63, 3.8) is 0 Å². The Balaban J connectivity index is 0.960. The van der Waals surface area contributed by atoms with E-state index in [2.05, 4.69) is 42.9 Å². The van der Waals surface area contributed by atoms with Crippen LogP contribution in [0.25, 0.3) is 11.1 Å². The second kappa shape index (κ2) is 20.1. The van der Waals surface area contributed by atoms with E-state index in [-0.39, 0.29) is 23.4 Å². The molecule has 3 N–H and O–H groups in total. The first-order chi connectivity index (χ1) is 29.0. The number of piperazine rings is 1. The molecule has 2 aliphatic heterocycles. The number of anilines is 2. The molecule has 0 aliphatic carbocycles. The Morgan fingerprint density at radius 3 is 2.32 bits per heavy atom. The van der Waals surface area contributed by atoms with E-state index in [0.717, 1.165) is 74.3 Å². The molecule has 0 spiro atoms. The summed E-state index contributed by atoms with van der Waals surface area (Å²) in [5, 5.41) is 26.5. The number of benzene rings is 5. The number of carbonyl (C=O) groups is 1. The summed E-state index contributed by atoms with van der Waals surface area (Å²) in [5.41, 5.74) is 4.38. The molecule has 0 aromatic heterocycles. The van der Waals surface area contributed by atoms with Crippen molar-refractivity contribution in [1.29, 1.82) is 0 Å². The van der Waals surface area contributed by atoms with Gasteiger partial charge < -0.3 is 20.2 Å². The van der Waals surface area contributed by atoms with E-state index in [1.54, 1.807) is 36.0 Å². The Morgan fingerprint density at radius 2 is 1.60 bits per heavy atom. The van der Waals surface area contributed by atoms with Gasteiger partial charge in [0.05, 0.1) is 15.9 Å². The minimum absolute atomic E-state index is 0.146. The summed E-state index contributed by atoms with van der Waals surface area (Å²) >= 11 is 7.74. The first-order valence-corrected chi connectivity index (χ1v) is 23.0. The fraction of sp³-hybridized carbons (Fsp3) is 0.311. The minimum atomic E-state index is -4.46. The van der Waals surface area contributed by atoms with Gasteiger partial charge in [0.15, 0.2) is 0 Å². The number of sulfonamides is 1. The Bertz CT molecular complexity index is 2350. The van der Waals surface area contributed by atoms with Crippen LogP contribution in [0.4, 0.5) is 17.1 Å². The maximum atomic E-state index is 13.5. The van der Waals surface area contributed by atoms with Crippen LogP contribution in [0.1, 0.15) is 35.2 Å². The first kappa shape index (κ1) is 43.1. The Hall–Kier alpha value is -4.96. The fourth-order valence-electron chi connectivity index (χ4n) is 7.69. The molecule has 2 atom stereocenters. The summed E-state index contributed by atoms with van der Waals surface area (Å²) < 4.78 is 29.0. The molecule has 0 saturated carbocycles. The van der Waals surface area contributed by atoms with Crippen molar-refractivity contribution in [3.05, 3.63) is 148 Å². The third kappa shape index (κ3) is 11.4. The summed E-state index contributed by atoms with van der Waals surface area (Å²) in [6.07, 6.45) is 1.96. The molecule has 0 bridgehead atoms. The van der Waals surface area contributed by atoms with E-state index >= 15 is 0 Å². The summed E-state index contributed by atoms with van der Waals surface area (Å²) in [4.78, 5) is 32.4. The molecule has 0 radical (unpaired) electrons. The van der Waals surface area contributed by atoms with Crippen LogP contribution in [-0.2, 0) is 16.6 Å². The zero-order chi connectivity index (χ0) is 42.1. The Labute approximate surface area is 360 Å². The molecule has 1 amide bonds. The highest BCUT2D eigenvalue weighted by atomic mass is 35.5. The number of nitrogens with one attached hydrogen (secondary N) is 2. The van der Waals surface area contributed by atoms with Crippen molar-refractivity contribution < 1.29 is 23.2 Å². The minimum Gasteiger partial charge on any atom is -0.392 e. The van der Waals surface area contributed by atoms with E-state index in [1.807, 2.05) is 60.7 Å². The fourth-order valence-corrected chi connectivity index (χ4v) is 9.81. The largest absolute Gasteiger partial charge is 0.392 e. The number of hydrogen-bond acceptors (Lipinski definition) is 11. The highest BCUT2D eigenvalue weighted by Gasteiger charge is 2.27. The van der Waals surface area contributed by atoms with Crippen LogP contribution in [0.15, 0.2) is 131 Å². The smallest absolute Gasteiger partial charge is 0.293 e. The molecular formula is C45H49ClN6O6S2. The number of aliphatic hydroxyl groups excluding tert-OH is 1. The zero-order valence-electron chi connectivity index (χ0n) is 33.2. The number of likely N-dealkylation sites (tertiary alicyclic amines) is 1.